The van der Waals surface area contributed by atoms with E-state index in [1.54, 1.807) is 29.2 Å². The molecule has 0 unspecified atom stereocenters. The van der Waals surface area contributed by atoms with E-state index in [2.05, 4.69) is 10.4 Å². The maximum atomic E-state index is 12.4. The lowest BCUT2D eigenvalue weighted by atomic mass is 10.1. The molecule has 0 radical (unpaired) electrons. The quantitative estimate of drug-likeness (QED) is 0.776. The molecule has 0 saturated carbocycles. The molecule has 3 rings (SSSR count). The number of para-hydroxylation sites is 1. The fourth-order valence-electron chi connectivity index (χ4n) is 2.37. The monoisotopic (exact) mass is 325 g/mol. The zero-order valence-corrected chi connectivity index (χ0v) is 13.6. The third kappa shape index (κ3) is 3.27. The number of amides is 1. The first-order valence-electron chi connectivity index (χ1n) is 7.23. The van der Waals surface area contributed by atoms with Crippen molar-refractivity contribution in [3.05, 3.63) is 76.6 Å². The number of halogens is 1. The predicted molar refractivity (Wildman–Crippen MR) is 92.4 cm³/mol. The van der Waals surface area contributed by atoms with Crippen molar-refractivity contribution in [2.75, 3.05) is 5.32 Å². The number of carbonyl (C=O) groups is 1. The molecule has 5 heteroatoms. The van der Waals surface area contributed by atoms with Gasteiger partial charge in [-0.2, -0.15) is 5.10 Å². The molecule has 0 atom stereocenters. The third-order valence-electron chi connectivity index (χ3n) is 3.66. The fraction of sp³-hybridized carbons (Fsp3) is 0.111. The molecule has 4 nitrogen and oxygen atoms in total. The predicted octanol–water partition coefficient (Wildman–Crippen LogP) is 4.39. The molecule has 1 amide bonds. The van der Waals surface area contributed by atoms with Gasteiger partial charge in [0, 0.05) is 16.9 Å². The van der Waals surface area contributed by atoms with Crippen molar-refractivity contribution >= 4 is 23.2 Å². The normalized spacial score (nSPS) is 10.6. The van der Waals surface area contributed by atoms with E-state index in [1.807, 2.05) is 44.2 Å². The number of benzene rings is 2. The number of nitrogens with zero attached hydrogens (tertiary/aromatic N) is 2. The molecule has 0 saturated heterocycles. The molecule has 0 aliphatic heterocycles. The van der Waals surface area contributed by atoms with Crippen molar-refractivity contribution < 1.29 is 4.79 Å². The van der Waals surface area contributed by atoms with Gasteiger partial charge in [0.15, 0.2) is 0 Å². The molecule has 0 aliphatic carbocycles. The van der Waals surface area contributed by atoms with E-state index < -0.39 is 0 Å². The Balaban J connectivity index is 1.83. The van der Waals surface area contributed by atoms with Gasteiger partial charge in [-0.1, -0.05) is 29.8 Å². The van der Waals surface area contributed by atoms with Crippen LogP contribution >= 0.6 is 11.6 Å². The Morgan fingerprint density at radius 3 is 2.39 bits per heavy atom. The fourth-order valence-corrected chi connectivity index (χ4v) is 2.50. The van der Waals surface area contributed by atoms with Crippen LogP contribution in [0.1, 0.15) is 21.5 Å². The minimum Gasteiger partial charge on any atom is -0.321 e. The molecule has 2 aromatic carbocycles. The van der Waals surface area contributed by atoms with Gasteiger partial charge in [-0.25, -0.2) is 4.68 Å². The average Bonchev–Trinajstić information content (AvgIpc) is 3.02. The maximum absolute atomic E-state index is 12.4. The summed E-state index contributed by atoms with van der Waals surface area (Å²) in [5.74, 6) is -0.178. The van der Waals surface area contributed by atoms with Crippen molar-refractivity contribution in [3.8, 4) is 5.69 Å². The molecule has 23 heavy (non-hydrogen) atoms. The van der Waals surface area contributed by atoms with Gasteiger partial charge >= 0.3 is 0 Å². The van der Waals surface area contributed by atoms with Crippen LogP contribution in [0.25, 0.3) is 5.69 Å². The van der Waals surface area contributed by atoms with Crippen LogP contribution in [-0.4, -0.2) is 15.7 Å². The number of hydrogen-bond donors (Lipinski definition) is 1. The van der Waals surface area contributed by atoms with Crippen LogP contribution in [0.15, 0.2) is 54.9 Å². The van der Waals surface area contributed by atoms with Gasteiger partial charge in [0.2, 0.25) is 0 Å². The van der Waals surface area contributed by atoms with Gasteiger partial charge in [0.1, 0.15) is 0 Å². The van der Waals surface area contributed by atoms with Gasteiger partial charge in [-0.15, -0.1) is 0 Å². The largest absolute Gasteiger partial charge is 0.321 e. The van der Waals surface area contributed by atoms with E-state index >= 15 is 0 Å². The first-order chi connectivity index (χ1) is 11.0. The van der Waals surface area contributed by atoms with Gasteiger partial charge in [-0.05, 0) is 49.2 Å². The minimum atomic E-state index is -0.178. The number of aromatic nitrogens is 2. The topological polar surface area (TPSA) is 46.9 Å². The summed E-state index contributed by atoms with van der Waals surface area (Å²) in [5.41, 5.74) is 4.26. The Bertz CT molecular complexity index is 833. The smallest absolute Gasteiger partial charge is 0.258 e. The van der Waals surface area contributed by atoms with Crippen LogP contribution in [0.4, 0.5) is 5.69 Å². The van der Waals surface area contributed by atoms with Crippen LogP contribution in [-0.2, 0) is 0 Å². The van der Waals surface area contributed by atoms with Crippen molar-refractivity contribution in [2.24, 2.45) is 0 Å². The van der Waals surface area contributed by atoms with Gasteiger partial charge in [0.25, 0.3) is 5.91 Å². The highest BCUT2D eigenvalue weighted by molar-refractivity contribution is 6.30. The van der Waals surface area contributed by atoms with Crippen molar-refractivity contribution in [3.63, 3.8) is 0 Å². The molecule has 1 N–H and O–H groups in total. The number of rotatable bonds is 3. The Labute approximate surface area is 139 Å². The summed E-state index contributed by atoms with van der Waals surface area (Å²) < 4.78 is 1.65. The van der Waals surface area contributed by atoms with Crippen molar-refractivity contribution in [1.29, 1.82) is 0 Å². The summed E-state index contributed by atoms with van der Waals surface area (Å²) in [4.78, 5) is 12.4. The van der Waals surface area contributed by atoms with E-state index in [0.29, 0.717) is 10.6 Å². The molecular formula is C18H16ClN3O. The number of anilines is 1. The van der Waals surface area contributed by atoms with E-state index in [1.165, 1.54) is 0 Å². The molecule has 0 spiro atoms. The highest BCUT2D eigenvalue weighted by atomic mass is 35.5. The SMILES string of the molecule is Cc1cccc(C)c1NC(=O)c1cnn(-c2ccc(Cl)cc2)c1. The Hall–Kier alpha value is -2.59. The van der Waals surface area contributed by atoms with E-state index in [0.717, 1.165) is 22.5 Å². The van der Waals surface area contributed by atoms with Crippen LogP contribution in [0.2, 0.25) is 5.02 Å². The zero-order valence-electron chi connectivity index (χ0n) is 12.9. The van der Waals surface area contributed by atoms with E-state index in [9.17, 15) is 4.79 Å². The standard InChI is InChI=1S/C18H16ClN3O/c1-12-4-3-5-13(2)17(12)21-18(23)14-10-20-22(11-14)16-8-6-15(19)7-9-16/h3-11H,1-2H3,(H,21,23). The summed E-state index contributed by atoms with van der Waals surface area (Å²) >= 11 is 5.88. The minimum absolute atomic E-state index is 0.178. The second kappa shape index (κ2) is 6.26. The second-order valence-electron chi connectivity index (χ2n) is 5.37. The Morgan fingerprint density at radius 1 is 1.09 bits per heavy atom. The second-order valence-corrected chi connectivity index (χ2v) is 5.81. The summed E-state index contributed by atoms with van der Waals surface area (Å²) in [6, 6.07) is 13.2. The molecule has 0 fully saturated rings. The van der Waals surface area contributed by atoms with Crippen LogP contribution in [0.5, 0.6) is 0 Å². The summed E-state index contributed by atoms with van der Waals surface area (Å²) in [5, 5.41) is 7.85. The zero-order chi connectivity index (χ0) is 16.4. The van der Waals surface area contributed by atoms with Gasteiger partial charge < -0.3 is 5.32 Å². The van der Waals surface area contributed by atoms with Crippen molar-refractivity contribution in [2.45, 2.75) is 13.8 Å². The van der Waals surface area contributed by atoms with Crippen LogP contribution in [0.3, 0.4) is 0 Å². The molecular weight excluding hydrogens is 310 g/mol. The number of nitrogens with one attached hydrogen (secondary N) is 1. The first kappa shape index (κ1) is 15.3. The highest BCUT2D eigenvalue weighted by Gasteiger charge is 2.12. The summed E-state index contributed by atoms with van der Waals surface area (Å²) in [6.45, 7) is 3.94. The summed E-state index contributed by atoms with van der Waals surface area (Å²) in [7, 11) is 0. The average molecular weight is 326 g/mol. The molecule has 0 bridgehead atoms. The Kier molecular flexibility index (Phi) is 4.17. The third-order valence-corrected chi connectivity index (χ3v) is 3.91. The highest BCUT2D eigenvalue weighted by Crippen LogP contribution is 2.20. The molecule has 1 aromatic heterocycles. The molecule has 0 aliphatic rings. The molecule has 3 aromatic rings. The maximum Gasteiger partial charge on any atom is 0.258 e. The molecule has 116 valence electrons. The number of aryl methyl sites for hydroxylation is 2. The van der Waals surface area contributed by atoms with Gasteiger partial charge in [0.05, 0.1) is 17.4 Å². The lowest BCUT2D eigenvalue weighted by molar-refractivity contribution is 0.102. The van der Waals surface area contributed by atoms with Crippen molar-refractivity contribution in [1.82, 2.24) is 9.78 Å². The lowest BCUT2D eigenvalue weighted by Crippen LogP contribution is -2.13. The summed E-state index contributed by atoms with van der Waals surface area (Å²) in [6.07, 6.45) is 3.25. The molecule has 1 heterocycles. The Morgan fingerprint density at radius 2 is 1.74 bits per heavy atom. The lowest BCUT2D eigenvalue weighted by Gasteiger charge is -2.10. The first-order valence-corrected chi connectivity index (χ1v) is 7.60. The van der Waals surface area contributed by atoms with E-state index in [-0.39, 0.29) is 5.91 Å². The van der Waals surface area contributed by atoms with Crippen LogP contribution < -0.4 is 5.32 Å². The van der Waals surface area contributed by atoms with Gasteiger partial charge in [-0.3, -0.25) is 4.79 Å². The van der Waals surface area contributed by atoms with Crippen LogP contribution in [0, 0.1) is 13.8 Å². The number of carbonyl (C=O) groups excluding carboxylic acids is 1. The van der Waals surface area contributed by atoms with E-state index in [4.69, 9.17) is 11.6 Å². The number of hydrogen-bond acceptors (Lipinski definition) is 2.